The van der Waals surface area contributed by atoms with E-state index < -0.39 is 0 Å². The summed E-state index contributed by atoms with van der Waals surface area (Å²) in [6.45, 7) is 1.45. The Bertz CT molecular complexity index is 1040. The Hall–Kier alpha value is -2.78. The lowest BCUT2D eigenvalue weighted by Gasteiger charge is -2.06. The zero-order valence-corrected chi connectivity index (χ0v) is 17.3. The molecule has 29 heavy (non-hydrogen) atoms. The maximum absolute atomic E-state index is 12.2. The van der Waals surface area contributed by atoms with E-state index in [1.54, 1.807) is 36.3 Å². The highest BCUT2D eigenvalue weighted by Gasteiger charge is 2.07. The summed E-state index contributed by atoms with van der Waals surface area (Å²) in [5.41, 5.74) is 0.444. The van der Waals surface area contributed by atoms with Crippen LogP contribution in [0, 0.1) is 0 Å². The molecule has 3 aromatic rings. The molecule has 0 spiro atoms. The van der Waals surface area contributed by atoms with Crippen molar-refractivity contribution in [2.45, 2.75) is 18.7 Å². The van der Waals surface area contributed by atoms with Gasteiger partial charge in [0.1, 0.15) is 11.5 Å². The number of furan rings is 1. The number of rotatable bonds is 10. The maximum atomic E-state index is 12.2. The molecule has 0 saturated heterocycles. The van der Waals surface area contributed by atoms with Crippen molar-refractivity contribution in [1.29, 1.82) is 0 Å². The number of thioether (sulfide) groups is 1. The Kier molecular flexibility index (Phi) is 7.31. The summed E-state index contributed by atoms with van der Waals surface area (Å²) >= 11 is 1.74. The quantitative estimate of drug-likeness (QED) is 0.435. The van der Waals surface area contributed by atoms with Crippen LogP contribution in [0.2, 0.25) is 0 Å². The molecule has 0 amide bonds. The molecule has 3 N–H and O–H groups in total. The van der Waals surface area contributed by atoms with Crippen LogP contribution in [0.3, 0.4) is 0 Å². The number of hydrogen-bond acceptors (Lipinski definition) is 7. The van der Waals surface area contributed by atoms with E-state index in [0.29, 0.717) is 23.6 Å². The van der Waals surface area contributed by atoms with Crippen LogP contribution in [0.15, 0.2) is 50.7 Å². The smallest absolute Gasteiger partial charge is 0.277 e. The molecular formula is C20H25N5O3S. The molecule has 0 atom stereocenters. The molecule has 0 aromatic carbocycles. The van der Waals surface area contributed by atoms with Crippen molar-refractivity contribution in [3.8, 4) is 0 Å². The molecular weight excluding hydrogens is 390 g/mol. The second-order valence-corrected chi connectivity index (χ2v) is 7.97. The molecule has 0 fully saturated rings. The van der Waals surface area contributed by atoms with Crippen LogP contribution < -0.4 is 16.4 Å². The fourth-order valence-electron chi connectivity index (χ4n) is 2.75. The zero-order chi connectivity index (χ0) is 20.6. The first-order chi connectivity index (χ1) is 14.0. The summed E-state index contributed by atoms with van der Waals surface area (Å²) in [6, 6.07) is 7.45. The van der Waals surface area contributed by atoms with Gasteiger partial charge in [0.2, 0.25) is 5.95 Å². The number of H-pyrrole nitrogens is 2. The van der Waals surface area contributed by atoms with E-state index in [-0.39, 0.29) is 17.5 Å². The van der Waals surface area contributed by atoms with Crippen LogP contribution in [-0.2, 0) is 18.7 Å². The summed E-state index contributed by atoms with van der Waals surface area (Å²) in [5, 5.41) is 3.11. The predicted octanol–water partition coefficient (Wildman–Crippen LogP) is 2.05. The minimum absolute atomic E-state index is 0.198. The number of pyridine rings is 1. The van der Waals surface area contributed by atoms with Gasteiger partial charge in [-0.3, -0.25) is 9.59 Å². The Labute approximate surface area is 172 Å². The molecule has 3 heterocycles. The summed E-state index contributed by atoms with van der Waals surface area (Å²) < 4.78 is 5.78. The molecule has 0 aliphatic heterocycles. The van der Waals surface area contributed by atoms with Gasteiger partial charge < -0.3 is 24.6 Å². The van der Waals surface area contributed by atoms with Crippen molar-refractivity contribution in [2.75, 3.05) is 31.7 Å². The van der Waals surface area contributed by atoms with Gasteiger partial charge in [-0.15, -0.1) is 0 Å². The number of anilines is 1. The highest BCUT2D eigenvalue weighted by atomic mass is 32.2. The zero-order valence-electron chi connectivity index (χ0n) is 16.5. The van der Waals surface area contributed by atoms with E-state index in [4.69, 9.17) is 4.42 Å². The van der Waals surface area contributed by atoms with E-state index in [9.17, 15) is 9.59 Å². The van der Waals surface area contributed by atoms with Gasteiger partial charge in [0, 0.05) is 42.2 Å². The van der Waals surface area contributed by atoms with Gasteiger partial charge in [-0.05, 0) is 32.3 Å². The van der Waals surface area contributed by atoms with E-state index in [1.807, 2.05) is 26.2 Å². The SMILES string of the molecule is CN(C)Cc1ccc(CSCCNc2nc(=O)c(Cc3ccc[nH]c3=O)c[nH]2)o1. The van der Waals surface area contributed by atoms with Gasteiger partial charge in [0.05, 0.1) is 12.3 Å². The second-order valence-electron chi connectivity index (χ2n) is 6.87. The van der Waals surface area contributed by atoms with Crippen LogP contribution in [0.25, 0.3) is 0 Å². The van der Waals surface area contributed by atoms with Crippen molar-refractivity contribution >= 4 is 17.7 Å². The van der Waals surface area contributed by atoms with Crippen LogP contribution in [0.1, 0.15) is 22.6 Å². The number of aromatic nitrogens is 3. The third-order valence-corrected chi connectivity index (χ3v) is 5.11. The molecule has 0 aliphatic carbocycles. The Balaban J connectivity index is 1.43. The monoisotopic (exact) mass is 415 g/mol. The molecule has 3 rings (SSSR count). The van der Waals surface area contributed by atoms with Gasteiger partial charge >= 0.3 is 0 Å². The fourth-order valence-corrected chi connectivity index (χ4v) is 3.50. The molecule has 0 aliphatic rings. The first-order valence-electron chi connectivity index (χ1n) is 9.30. The van der Waals surface area contributed by atoms with E-state index in [2.05, 4.69) is 25.2 Å². The normalized spacial score (nSPS) is 11.1. The van der Waals surface area contributed by atoms with Crippen molar-refractivity contribution < 1.29 is 4.42 Å². The van der Waals surface area contributed by atoms with Gasteiger partial charge in [-0.2, -0.15) is 16.7 Å². The highest BCUT2D eigenvalue weighted by Crippen LogP contribution is 2.16. The average molecular weight is 416 g/mol. The van der Waals surface area contributed by atoms with Crippen molar-refractivity contribution in [3.63, 3.8) is 0 Å². The lowest BCUT2D eigenvalue weighted by Crippen LogP contribution is -2.20. The lowest BCUT2D eigenvalue weighted by molar-refractivity contribution is 0.344. The molecule has 0 unspecified atom stereocenters. The van der Waals surface area contributed by atoms with E-state index in [0.717, 1.165) is 29.6 Å². The number of hydrogen-bond donors (Lipinski definition) is 3. The standard InChI is InChI=1S/C20H25N5O3S/c1-25(2)12-16-5-6-17(28-16)13-29-9-8-22-20-23-11-15(19(27)24-20)10-14-4-3-7-21-18(14)26/h3-7,11H,8-10,12-13H2,1-2H3,(H,21,26)(H2,22,23,24,27). The van der Waals surface area contributed by atoms with Crippen molar-refractivity contribution in [3.05, 3.63) is 80.0 Å². The van der Waals surface area contributed by atoms with Crippen molar-refractivity contribution in [2.24, 2.45) is 0 Å². The van der Waals surface area contributed by atoms with Crippen LogP contribution in [0.4, 0.5) is 5.95 Å². The van der Waals surface area contributed by atoms with Gasteiger partial charge in [-0.1, -0.05) is 6.07 Å². The first kappa shape index (κ1) is 20.9. The predicted molar refractivity (Wildman–Crippen MR) is 115 cm³/mol. The van der Waals surface area contributed by atoms with Gasteiger partial charge in [-0.25, -0.2) is 0 Å². The average Bonchev–Trinajstić information content (AvgIpc) is 3.11. The maximum Gasteiger partial charge on any atom is 0.277 e. The van der Waals surface area contributed by atoms with E-state index in [1.165, 1.54) is 0 Å². The van der Waals surface area contributed by atoms with Gasteiger partial charge in [0.15, 0.2) is 0 Å². The summed E-state index contributed by atoms with van der Waals surface area (Å²) in [5.74, 6) is 3.98. The number of aromatic amines is 2. The third kappa shape index (κ3) is 6.37. The Morgan fingerprint density at radius 3 is 2.72 bits per heavy atom. The molecule has 0 saturated carbocycles. The molecule has 9 heteroatoms. The van der Waals surface area contributed by atoms with Crippen LogP contribution >= 0.6 is 11.8 Å². The van der Waals surface area contributed by atoms with Gasteiger partial charge in [0.25, 0.3) is 11.1 Å². The second kappa shape index (κ2) is 10.1. The lowest BCUT2D eigenvalue weighted by atomic mass is 10.1. The minimum atomic E-state index is -0.342. The highest BCUT2D eigenvalue weighted by molar-refractivity contribution is 7.98. The van der Waals surface area contributed by atoms with Crippen LogP contribution in [-0.4, -0.2) is 46.2 Å². The number of nitrogens with one attached hydrogen (secondary N) is 3. The summed E-state index contributed by atoms with van der Waals surface area (Å²) in [7, 11) is 4.02. The Morgan fingerprint density at radius 1 is 1.14 bits per heavy atom. The molecule has 0 bridgehead atoms. The largest absolute Gasteiger partial charge is 0.464 e. The molecule has 154 valence electrons. The fraction of sp³-hybridized carbons (Fsp3) is 0.350. The summed E-state index contributed by atoms with van der Waals surface area (Å²) in [4.78, 5) is 35.6. The molecule has 3 aromatic heterocycles. The van der Waals surface area contributed by atoms with Crippen molar-refractivity contribution in [1.82, 2.24) is 19.9 Å². The minimum Gasteiger partial charge on any atom is -0.464 e. The Morgan fingerprint density at radius 2 is 1.97 bits per heavy atom. The first-order valence-corrected chi connectivity index (χ1v) is 10.5. The topological polar surface area (TPSA) is 107 Å². The van der Waals surface area contributed by atoms with E-state index >= 15 is 0 Å². The van der Waals surface area contributed by atoms with Crippen LogP contribution in [0.5, 0.6) is 0 Å². The summed E-state index contributed by atoms with van der Waals surface area (Å²) in [6.07, 6.45) is 3.41. The number of nitrogens with zero attached hydrogens (tertiary/aromatic N) is 2. The molecule has 8 nitrogen and oxygen atoms in total. The molecule has 0 radical (unpaired) electrons. The third-order valence-electron chi connectivity index (χ3n) is 4.12.